The molecule has 114 valence electrons. The number of aromatic carboxylic acids is 1. The molecular formula is C16H21NO4. The standard InChI is InChI=1S/C16H21NO4/c1-2-21-16(20)14-8-3-4-9-17(14)11-12-6-5-7-13(10-12)15(18)19/h5-7,10,14H,2-4,8-9,11H2,1H3,(H,18,19). The second-order valence-corrected chi connectivity index (χ2v) is 5.24. The average Bonchev–Trinajstić information content (AvgIpc) is 2.48. The molecule has 0 aliphatic carbocycles. The van der Waals surface area contributed by atoms with Gasteiger partial charge < -0.3 is 9.84 Å². The molecule has 0 saturated carbocycles. The summed E-state index contributed by atoms with van der Waals surface area (Å²) < 4.78 is 5.14. The fourth-order valence-electron chi connectivity index (χ4n) is 2.72. The molecule has 1 aliphatic heterocycles. The summed E-state index contributed by atoms with van der Waals surface area (Å²) >= 11 is 0. The second-order valence-electron chi connectivity index (χ2n) is 5.24. The minimum atomic E-state index is -0.933. The van der Waals surface area contributed by atoms with E-state index in [1.165, 1.54) is 0 Å². The molecule has 1 saturated heterocycles. The van der Waals surface area contributed by atoms with Crippen LogP contribution in [0.15, 0.2) is 24.3 Å². The Morgan fingerprint density at radius 1 is 1.38 bits per heavy atom. The van der Waals surface area contributed by atoms with Crippen LogP contribution in [0.4, 0.5) is 0 Å². The van der Waals surface area contributed by atoms with Crippen molar-refractivity contribution in [1.29, 1.82) is 0 Å². The van der Waals surface area contributed by atoms with Gasteiger partial charge in [-0.05, 0) is 44.0 Å². The number of hydrogen-bond donors (Lipinski definition) is 1. The van der Waals surface area contributed by atoms with Gasteiger partial charge in [-0.15, -0.1) is 0 Å². The highest BCUT2D eigenvalue weighted by Gasteiger charge is 2.29. The van der Waals surface area contributed by atoms with Crippen LogP contribution >= 0.6 is 0 Å². The summed E-state index contributed by atoms with van der Waals surface area (Å²) in [4.78, 5) is 25.1. The topological polar surface area (TPSA) is 66.8 Å². The van der Waals surface area contributed by atoms with Crippen molar-refractivity contribution in [3.8, 4) is 0 Å². The molecule has 1 fully saturated rings. The van der Waals surface area contributed by atoms with Gasteiger partial charge in [0.25, 0.3) is 0 Å². The average molecular weight is 291 g/mol. The summed E-state index contributed by atoms with van der Waals surface area (Å²) in [5.74, 6) is -1.11. The zero-order chi connectivity index (χ0) is 15.2. The molecule has 1 heterocycles. The highest BCUT2D eigenvalue weighted by molar-refractivity contribution is 5.87. The van der Waals surface area contributed by atoms with Crippen molar-refractivity contribution in [3.63, 3.8) is 0 Å². The molecule has 1 unspecified atom stereocenters. The highest BCUT2D eigenvalue weighted by Crippen LogP contribution is 2.21. The monoisotopic (exact) mass is 291 g/mol. The van der Waals surface area contributed by atoms with Gasteiger partial charge in [-0.1, -0.05) is 18.6 Å². The number of carbonyl (C=O) groups is 2. The molecule has 0 radical (unpaired) electrons. The van der Waals surface area contributed by atoms with Gasteiger partial charge in [0.1, 0.15) is 6.04 Å². The predicted octanol–water partition coefficient (Wildman–Crippen LogP) is 2.30. The minimum absolute atomic E-state index is 0.174. The van der Waals surface area contributed by atoms with Crippen molar-refractivity contribution in [2.45, 2.75) is 38.8 Å². The molecule has 0 spiro atoms. The first kappa shape index (κ1) is 15.5. The zero-order valence-corrected chi connectivity index (χ0v) is 12.2. The van der Waals surface area contributed by atoms with E-state index in [2.05, 4.69) is 4.90 Å². The van der Waals surface area contributed by atoms with Crippen molar-refractivity contribution in [2.24, 2.45) is 0 Å². The number of likely N-dealkylation sites (tertiary alicyclic amines) is 1. The SMILES string of the molecule is CCOC(=O)C1CCCCN1Cc1cccc(C(=O)O)c1. The second kappa shape index (κ2) is 7.22. The lowest BCUT2D eigenvalue weighted by molar-refractivity contribution is -0.151. The van der Waals surface area contributed by atoms with Crippen molar-refractivity contribution in [3.05, 3.63) is 35.4 Å². The Bertz CT molecular complexity index is 515. The molecule has 5 nitrogen and oxygen atoms in total. The van der Waals surface area contributed by atoms with Crippen LogP contribution in [-0.2, 0) is 16.1 Å². The molecule has 1 aromatic carbocycles. The largest absolute Gasteiger partial charge is 0.478 e. The van der Waals surface area contributed by atoms with Crippen molar-refractivity contribution in [2.75, 3.05) is 13.2 Å². The van der Waals surface area contributed by atoms with E-state index in [-0.39, 0.29) is 17.6 Å². The Morgan fingerprint density at radius 2 is 2.19 bits per heavy atom. The van der Waals surface area contributed by atoms with Crippen molar-refractivity contribution >= 4 is 11.9 Å². The van der Waals surface area contributed by atoms with E-state index >= 15 is 0 Å². The third-order valence-corrected chi connectivity index (χ3v) is 3.73. The van der Waals surface area contributed by atoms with Crippen molar-refractivity contribution < 1.29 is 19.4 Å². The Labute approximate surface area is 124 Å². The van der Waals surface area contributed by atoms with Crippen LogP contribution in [0, 0.1) is 0 Å². The molecule has 1 aliphatic rings. The summed E-state index contributed by atoms with van der Waals surface area (Å²) in [7, 11) is 0. The Kier molecular flexibility index (Phi) is 5.33. The molecule has 0 amide bonds. The van der Waals surface area contributed by atoms with Crippen LogP contribution in [0.2, 0.25) is 0 Å². The van der Waals surface area contributed by atoms with E-state index in [1.54, 1.807) is 25.1 Å². The predicted molar refractivity (Wildman–Crippen MR) is 78.1 cm³/mol. The Hall–Kier alpha value is -1.88. The van der Waals surface area contributed by atoms with Gasteiger partial charge in [-0.3, -0.25) is 9.69 Å². The van der Waals surface area contributed by atoms with Gasteiger partial charge in [0.15, 0.2) is 0 Å². The van der Waals surface area contributed by atoms with Crippen LogP contribution in [0.1, 0.15) is 42.1 Å². The fourth-order valence-corrected chi connectivity index (χ4v) is 2.72. The number of carboxylic acids is 1. The fraction of sp³-hybridized carbons (Fsp3) is 0.500. The lowest BCUT2D eigenvalue weighted by atomic mass is 10.0. The van der Waals surface area contributed by atoms with Gasteiger partial charge in [0.2, 0.25) is 0 Å². The van der Waals surface area contributed by atoms with Crippen molar-refractivity contribution in [1.82, 2.24) is 4.90 Å². The number of carboxylic acid groups (broad SMARTS) is 1. The summed E-state index contributed by atoms with van der Waals surface area (Å²) in [6, 6.07) is 6.65. The number of rotatable bonds is 5. The number of benzene rings is 1. The molecule has 1 N–H and O–H groups in total. The van der Waals surface area contributed by atoms with E-state index in [9.17, 15) is 9.59 Å². The summed E-state index contributed by atoms with van der Waals surface area (Å²) in [6.07, 6.45) is 2.88. The number of piperidine rings is 1. The molecular weight excluding hydrogens is 270 g/mol. The third-order valence-electron chi connectivity index (χ3n) is 3.73. The van der Waals surface area contributed by atoms with Crippen LogP contribution in [-0.4, -0.2) is 41.1 Å². The smallest absolute Gasteiger partial charge is 0.335 e. The number of carbonyl (C=O) groups excluding carboxylic acids is 1. The van der Waals surface area contributed by atoms with E-state index in [4.69, 9.17) is 9.84 Å². The minimum Gasteiger partial charge on any atom is -0.478 e. The van der Waals surface area contributed by atoms with E-state index in [1.807, 2.05) is 6.07 Å². The van der Waals surface area contributed by atoms with E-state index in [0.29, 0.717) is 13.2 Å². The van der Waals surface area contributed by atoms with Crippen LogP contribution in [0.25, 0.3) is 0 Å². The maximum Gasteiger partial charge on any atom is 0.335 e. The molecule has 1 aromatic rings. The third kappa shape index (κ3) is 4.04. The summed E-state index contributed by atoms with van der Waals surface area (Å²) in [6.45, 7) is 3.60. The molecule has 0 bridgehead atoms. The first-order valence-corrected chi connectivity index (χ1v) is 7.34. The molecule has 21 heavy (non-hydrogen) atoms. The maximum absolute atomic E-state index is 12.0. The summed E-state index contributed by atoms with van der Waals surface area (Å²) in [5, 5.41) is 9.04. The Balaban J connectivity index is 2.10. The van der Waals surface area contributed by atoms with Crippen LogP contribution in [0.3, 0.4) is 0 Å². The lowest BCUT2D eigenvalue weighted by Gasteiger charge is -2.34. The number of nitrogens with zero attached hydrogens (tertiary/aromatic N) is 1. The molecule has 5 heteroatoms. The lowest BCUT2D eigenvalue weighted by Crippen LogP contribution is -2.44. The quantitative estimate of drug-likeness (QED) is 0.843. The van der Waals surface area contributed by atoms with Crippen LogP contribution < -0.4 is 0 Å². The Morgan fingerprint density at radius 3 is 2.90 bits per heavy atom. The number of esters is 1. The highest BCUT2D eigenvalue weighted by atomic mass is 16.5. The molecule has 2 rings (SSSR count). The van der Waals surface area contributed by atoms with E-state index < -0.39 is 5.97 Å². The number of hydrogen-bond acceptors (Lipinski definition) is 4. The van der Waals surface area contributed by atoms with E-state index in [0.717, 1.165) is 31.4 Å². The first-order chi connectivity index (χ1) is 10.1. The summed E-state index contributed by atoms with van der Waals surface area (Å²) in [5.41, 5.74) is 1.18. The normalized spacial score (nSPS) is 19.2. The zero-order valence-electron chi connectivity index (χ0n) is 12.2. The van der Waals surface area contributed by atoms with Gasteiger partial charge in [0, 0.05) is 6.54 Å². The number of ether oxygens (including phenoxy) is 1. The van der Waals surface area contributed by atoms with Crippen LogP contribution in [0.5, 0.6) is 0 Å². The maximum atomic E-state index is 12.0. The molecule has 0 aromatic heterocycles. The van der Waals surface area contributed by atoms with Gasteiger partial charge in [0.05, 0.1) is 12.2 Å². The van der Waals surface area contributed by atoms with Gasteiger partial charge in [-0.25, -0.2) is 4.79 Å². The first-order valence-electron chi connectivity index (χ1n) is 7.34. The van der Waals surface area contributed by atoms with Gasteiger partial charge in [-0.2, -0.15) is 0 Å². The van der Waals surface area contributed by atoms with Gasteiger partial charge >= 0.3 is 11.9 Å². The molecule has 1 atom stereocenters.